The lowest BCUT2D eigenvalue weighted by Crippen LogP contribution is -2.37. The molecule has 0 aliphatic rings. The number of hydrogen-bond donors (Lipinski definition) is 2. The van der Waals surface area contributed by atoms with Gasteiger partial charge in [0.2, 0.25) is 0 Å². The summed E-state index contributed by atoms with van der Waals surface area (Å²) in [6.07, 6.45) is 1.55. The van der Waals surface area contributed by atoms with E-state index >= 15 is 0 Å². The summed E-state index contributed by atoms with van der Waals surface area (Å²) in [6, 6.07) is 14.7. The van der Waals surface area contributed by atoms with Crippen molar-refractivity contribution in [1.29, 1.82) is 0 Å². The van der Waals surface area contributed by atoms with Crippen LogP contribution in [0.25, 0.3) is 10.8 Å². The molecule has 2 N–H and O–H groups in total. The summed E-state index contributed by atoms with van der Waals surface area (Å²) >= 11 is 0. The topological polar surface area (TPSA) is 67.1 Å². The first-order valence-electron chi connectivity index (χ1n) is 8.09. The van der Waals surface area contributed by atoms with Crippen molar-refractivity contribution in [3.63, 3.8) is 0 Å². The first kappa shape index (κ1) is 19.2. The van der Waals surface area contributed by atoms with Gasteiger partial charge in [0.1, 0.15) is 12.2 Å². The Kier molecular flexibility index (Phi) is 7.17. The van der Waals surface area contributed by atoms with Gasteiger partial charge in [-0.2, -0.15) is 5.10 Å². The van der Waals surface area contributed by atoms with Crippen molar-refractivity contribution in [2.24, 2.45) is 12.0 Å². The number of aliphatic imine (C=N–C) groups is 1. The van der Waals surface area contributed by atoms with Crippen LogP contribution in [0.4, 0.5) is 0 Å². The highest BCUT2D eigenvalue weighted by atomic mass is 127. The molecule has 0 amide bonds. The second kappa shape index (κ2) is 9.36. The number of benzene rings is 2. The molecule has 0 saturated carbocycles. The summed E-state index contributed by atoms with van der Waals surface area (Å²) in [4.78, 5) is 8.91. The lowest BCUT2D eigenvalue weighted by molar-refractivity contribution is 0.673. The summed E-state index contributed by atoms with van der Waals surface area (Å²) in [5.41, 5.74) is 1.21. The summed E-state index contributed by atoms with van der Waals surface area (Å²) in [5, 5.41) is 13.1. The maximum Gasteiger partial charge on any atom is 0.191 e. The van der Waals surface area contributed by atoms with Crippen molar-refractivity contribution in [2.75, 3.05) is 6.54 Å². The summed E-state index contributed by atoms with van der Waals surface area (Å²) in [7, 11) is 1.88. The van der Waals surface area contributed by atoms with Crippen molar-refractivity contribution >= 4 is 40.7 Å². The zero-order chi connectivity index (χ0) is 16.8. The predicted octanol–water partition coefficient (Wildman–Crippen LogP) is 2.84. The molecule has 1 aromatic heterocycles. The van der Waals surface area contributed by atoms with Crippen molar-refractivity contribution < 1.29 is 0 Å². The third kappa shape index (κ3) is 4.91. The van der Waals surface area contributed by atoms with Crippen molar-refractivity contribution in [2.45, 2.75) is 20.0 Å². The van der Waals surface area contributed by atoms with Crippen molar-refractivity contribution in [1.82, 2.24) is 25.4 Å². The first-order valence-corrected chi connectivity index (χ1v) is 8.09. The second-order valence-corrected chi connectivity index (χ2v) is 5.49. The third-order valence-corrected chi connectivity index (χ3v) is 3.85. The van der Waals surface area contributed by atoms with Gasteiger partial charge >= 0.3 is 0 Å². The zero-order valence-electron chi connectivity index (χ0n) is 14.4. The fourth-order valence-corrected chi connectivity index (χ4v) is 2.58. The van der Waals surface area contributed by atoms with E-state index in [2.05, 4.69) is 70.1 Å². The standard InChI is InChI=1S/C18H22N6.HI/c1-3-19-18(21-12-17-22-13-23-24(17)2)20-11-15-9-6-8-14-7-4-5-10-16(14)15;/h4-10,13H,3,11-12H2,1-2H3,(H2,19,20,21);1H. The fraction of sp³-hybridized carbons (Fsp3) is 0.278. The van der Waals surface area contributed by atoms with Gasteiger partial charge in [0.05, 0.1) is 13.1 Å². The summed E-state index contributed by atoms with van der Waals surface area (Å²) in [5.74, 6) is 1.64. The Morgan fingerprint density at radius 2 is 1.92 bits per heavy atom. The van der Waals surface area contributed by atoms with E-state index < -0.39 is 0 Å². The van der Waals surface area contributed by atoms with Crippen LogP contribution in [0.3, 0.4) is 0 Å². The van der Waals surface area contributed by atoms with Gasteiger partial charge in [0.25, 0.3) is 0 Å². The van der Waals surface area contributed by atoms with Crippen LogP contribution < -0.4 is 10.6 Å². The Bertz CT molecular complexity index is 837. The molecule has 6 nitrogen and oxygen atoms in total. The average Bonchev–Trinajstić information content (AvgIpc) is 3.02. The molecule has 25 heavy (non-hydrogen) atoms. The highest BCUT2D eigenvalue weighted by Crippen LogP contribution is 2.19. The van der Waals surface area contributed by atoms with Gasteiger partial charge in [-0.1, -0.05) is 42.5 Å². The van der Waals surface area contributed by atoms with Crippen LogP contribution in [0, 0.1) is 0 Å². The molecule has 0 bridgehead atoms. The van der Waals surface area contributed by atoms with E-state index in [1.54, 1.807) is 11.0 Å². The molecule has 3 rings (SSSR count). The maximum atomic E-state index is 4.70. The van der Waals surface area contributed by atoms with Crippen LogP contribution in [-0.2, 0) is 20.1 Å². The van der Waals surface area contributed by atoms with E-state index in [1.807, 2.05) is 7.05 Å². The largest absolute Gasteiger partial charge is 0.357 e. The average molecular weight is 450 g/mol. The van der Waals surface area contributed by atoms with E-state index in [9.17, 15) is 0 Å². The Balaban J connectivity index is 0.00000225. The van der Waals surface area contributed by atoms with E-state index in [4.69, 9.17) is 4.99 Å². The Labute approximate surface area is 164 Å². The third-order valence-electron chi connectivity index (χ3n) is 3.85. The van der Waals surface area contributed by atoms with Gasteiger partial charge in [-0.15, -0.1) is 24.0 Å². The minimum Gasteiger partial charge on any atom is -0.357 e. The highest BCUT2D eigenvalue weighted by molar-refractivity contribution is 14.0. The zero-order valence-corrected chi connectivity index (χ0v) is 16.8. The number of nitrogens with one attached hydrogen (secondary N) is 2. The highest BCUT2D eigenvalue weighted by Gasteiger charge is 2.04. The number of hydrogen-bond acceptors (Lipinski definition) is 3. The maximum absolute atomic E-state index is 4.70. The fourth-order valence-electron chi connectivity index (χ4n) is 2.58. The molecule has 0 aliphatic heterocycles. The van der Waals surface area contributed by atoms with Gasteiger partial charge in [-0.25, -0.2) is 9.98 Å². The molecule has 1 heterocycles. The van der Waals surface area contributed by atoms with Crippen molar-refractivity contribution in [3.8, 4) is 0 Å². The van der Waals surface area contributed by atoms with Gasteiger partial charge in [0, 0.05) is 13.6 Å². The van der Waals surface area contributed by atoms with Crippen LogP contribution >= 0.6 is 24.0 Å². The number of guanidine groups is 1. The van der Waals surface area contributed by atoms with Crippen LogP contribution in [0.2, 0.25) is 0 Å². The first-order chi connectivity index (χ1) is 11.8. The molecule has 0 spiro atoms. The number of rotatable bonds is 5. The lowest BCUT2D eigenvalue weighted by atomic mass is 10.1. The normalized spacial score (nSPS) is 11.2. The van der Waals surface area contributed by atoms with Gasteiger partial charge in [-0.3, -0.25) is 4.68 Å². The number of aryl methyl sites for hydroxylation is 1. The number of aromatic nitrogens is 3. The molecule has 3 aromatic rings. The molecule has 132 valence electrons. The minimum absolute atomic E-state index is 0. The van der Waals surface area contributed by atoms with E-state index in [1.165, 1.54) is 16.3 Å². The predicted molar refractivity (Wildman–Crippen MR) is 112 cm³/mol. The molecular weight excluding hydrogens is 427 g/mol. The number of nitrogens with zero attached hydrogens (tertiary/aromatic N) is 4. The number of halogens is 1. The Hall–Kier alpha value is -2.16. The summed E-state index contributed by atoms with van der Waals surface area (Å²) < 4.78 is 1.75. The molecule has 0 aliphatic carbocycles. The van der Waals surface area contributed by atoms with E-state index in [-0.39, 0.29) is 24.0 Å². The minimum atomic E-state index is 0. The second-order valence-electron chi connectivity index (χ2n) is 5.49. The molecule has 0 unspecified atom stereocenters. The molecule has 0 saturated heterocycles. The molecule has 0 atom stereocenters. The van der Waals surface area contributed by atoms with Crippen LogP contribution in [0.5, 0.6) is 0 Å². The van der Waals surface area contributed by atoms with Gasteiger partial charge < -0.3 is 10.6 Å². The number of fused-ring (bicyclic) bond motifs is 1. The van der Waals surface area contributed by atoms with Gasteiger partial charge in [-0.05, 0) is 23.3 Å². The lowest BCUT2D eigenvalue weighted by Gasteiger charge is -2.11. The quantitative estimate of drug-likeness (QED) is 0.357. The Morgan fingerprint density at radius 1 is 1.12 bits per heavy atom. The molecule has 2 aromatic carbocycles. The van der Waals surface area contributed by atoms with E-state index in [0.717, 1.165) is 18.3 Å². The Morgan fingerprint density at radius 3 is 2.68 bits per heavy atom. The van der Waals surface area contributed by atoms with Crippen molar-refractivity contribution in [3.05, 3.63) is 60.2 Å². The molecule has 0 fully saturated rings. The van der Waals surface area contributed by atoms with Crippen LogP contribution in [-0.4, -0.2) is 27.3 Å². The van der Waals surface area contributed by atoms with Crippen LogP contribution in [0.15, 0.2) is 53.8 Å². The molecule has 0 radical (unpaired) electrons. The van der Waals surface area contributed by atoms with Gasteiger partial charge in [0.15, 0.2) is 5.96 Å². The van der Waals surface area contributed by atoms with Crippen LogP contribution in [0.1, 0.15) is 18.3 Å². The summed E-state index contributed by atoms with van der Waals surface area (Å²) in [6.45, 7) is 4.06. The molecular formula is C18H23IN6. The smallest absolute Gasteiger partial charge is 0.191 e. The van der Waals surface area contributed by atoms with E-state index in [0.29, 0.717) is 13.1 Å². The monoisotopic (exact) mass is 450 g/mol. The molecule has 7 heteroatoms. The SMILES string of the molecule is CCNC(=NCc1cccc2ccccc12)NCc1ncnn1C.I.